The number of amides is 3. The SMILES string of the molecule is Cn1cc(/C=N/N2CC(=O)NC2=O)c(-c2ccc([N+](=O)[O-])o2)n1. The van der Waals surface area contributed by atoms with E-state index in [1.807, 2.05) is 0 Å². The fraction of sp³-hybridized carbons (Fsp3) is 0.167. The van der Waals surface area contributed by atoms with Gasteiger partial charge in [0.1, 0.15) is 17.2 Å². The monoisotopic (exact) mass is 318 g/mol. The van der Waals surface area contributed by atoms with Crippen LogP contribution in [0, 0.1) is 10.1 Å². The molecule has 1 aliphatic heterocycles. The Hall–Kier alpha value is -3.50. The Bertz CT molecular complexity index is 835. The minimum absolute atomic E-state index is 0.169. The highest BCUT2D eigenvalue weighted by atomic mass is 16.6. The van der Waals surface area contributed by atoms with Gasteiger partial charge in [0.2, 0.25) is 5.91 Å². The average Bonchev–Trinajstić information content (AvgIpc) is 3.15. The number of nitrogens with zero attached hydrogens (tertiary/aromatic N) is 5. The van der Waals surface area contributed by atoms with E-state index in [-0.39, 0.29) is 12.3 Å². The van der Waals surface area contributed by atoms with E-state index in [1.54, 1.807) is 13.2 Å². The lowest BCUT2D eigenvalue weighted by Gasteiger charge is -2.03. The van der Waals surface area contributed by atoms with E-state index in [9.17, 15) is 19.7 Å². The summed E-state index contributed by atoms with van der Waals surface area (Å²) in [6, 6.07) is 2.02. The second kappa shape index (κ2) is 5.36. The Balaban J connectivity index is 1.90. The van der Waals surface area contributed by atoms with E-state index in [0.717, 1.165) is 5.01 Å². The van der Waals surface area contributed by atoms with Crippen LogP contribution in [-0.2, 0) is 11.8 Å². The van der Waals surface area contributed by atoms with Gasteiger partial charge in [0.05, 0.1) is 12.3 Å². The summed E-state index contributed by atoms with van der Waals surface area (Å²) in [6.45, 7) is -0.169. The molecule has 1 aliphatic rings. The topological polar surface area (TPSA) is 136 Å². The maximum absolute atomic E-state index is 11.4. The van der Waals surface area contributed by atoms with E-state index in [4.69, 9.17) is 4.42 Å². The van der Waals surface area contributed by atoms with Crippen molar-refractivity contribution in [3.05, 3.63) is 34.0 Å². The maximum atomic E-state index is 11.4. The third-order valence-electron chi connectivity index (χ3n) is 2.97. The van der Waals surface area contributed by atoms with Crippen LogP contribution in [0.4, 0.5) is 10.7 Å². The molecule has 0 aromatic carbocycles. The summed E-state index contributed by atoms with van der Waals surface area (Å²) in [7, 11) is 1.66. The van der Waals surface area contributed by atoms with E-state index in [2.05, 4.69) is 15.5 Å². The normalized spacial score (nSPS) is 14.7. The average molecular weight is 318 g/mol. The Kier molecular flexibility index (Phi) is 3.37. The first-order valence-corrected chi connectivity index (χ1v) is 6.37. The van der Waals surface area contributed by atoms with Gasteiger partial charge in [0.25, 0.3) is 0 Å². The summed E-state index contributed by atoms with van der Waals surface area (Å²) in [4.78, 5) is 32.5. The minimum atomic E-state index is -0.652. The molecule has 11 nitrogen and oxygen atoms in total. The first-order chi connectivity index (χ1) is 10.9. The van der Waals surface area contributed by atoms with Gasteiger partial charge >= 0.3 is 11.9 Å². The summed E-state index contributed by atoms with van der Waals surface area (Å²) in [5.74, 6) is -0.654. The largest absolute Gasteiger partial charge is 0.433 e. The van der Waals surface area contributed by atoms with Gasteiger partial charge < -0.3 is 4.42 Å². The maximum Gasteiger partial charge on any atom is 0.433 e. The van der Waals surface area contributed by atoms with Crippen LogP contribution in [0.3, 0.4) is 0 Å². The predicted octanol–water partition coefficient (Wildman–Crippen LogP) is 0.474. The van der Waals surface area contributed by atoms with Gasteiger partial charge in [-0.3, -0.25) is 24.9 Å². The van der Waals surface area contributed by atoms with Crippen LogP contribution in [0.2, 0.25) is 0 Å². The third kappa shape index (κ3) is 2.79. The number of imide groups is 1. The van der Waals surface area contributed by atoms with Gasteiger partial charge in [-0.25, -0.2) is 9.80 Å². The van der Waals surface area contributed by atoms with Gasteiger partial charge in [-0.2, -0.15) is 10.2 Å². The number of furan rings is 1. The van der Waals surface area contributed by atoms with E-state index in [1.165, 1.54) is 23.0 Å². The molecule has 118 valence electrons. The first kappa shape index (κ1) is 14.4. The molecule has 0 bridgehead atoms. The molecule has 11 heteroatoms. The van der Waals surface area contributed by atoms with Crippen LogP contribution in [-0.4, -0.2) is 44.4 Å². The van der Waals surface area contributed by atoms with Crippen molar-refractivity contribution in [1.82, 2.24) is 20.1 Å². The molecule has 23 heavy (non-hydrogen) atoms. The number of nitro groups is 1. The highest BCUT2D eigenvalue weighted by molar-refractivity contribution is 6.02. The van der Waals surface area contributed by atoms with Crippen LogP contribution < -0.4 is 5.32 Å². The van der Waals surface area contributed by atoms with Crippen molar-refractivity contribution in [1.29, 1.82) is 0 Å². The quantitative estimate of drug-likeness (QED) is 0.377. The number of carbonyl (C=O) groups is 2. The molecule has 1 fully saturated rings. The minimum Gasteiger partial charge on any atom is -0.399 e. The smallest absolute Gasteiger partial charge is 0.399 e. The Morgan fingerprint density at radius 2 is 2.26 bits per heavy atom. The molecule has 0 radical (unpaired) electrons. The number of hydrogen-bond donors (Lipinski definition) is 1. The molecule has 0 saturated carbocycles. The molecule has 0 atom stereocenters. The van der Waals surface area contributed by atoms with Crippen molar-refractivity contribution in [2.45, 2.75) is 0 Å². The molecular formula is C12H10N6O5. The Morgan fingerprint density at radius 3 is 2.87 bits per heavy atom. The molecule has 1 N–H and O–H groups in total. The van der Waals surface area contributed by atoms with Gasteiger partial charge in [0, 0.05) is 18.8 Å². The Labute approximate surface area is 128 Å². The number of aryl methyl sites for hydroxylation is 1. The molecule has 0 aliphatic carbocycles. The van der Waals surface area contributed by atoms with Crippen LogP contribution in [0.25, 0.3) is 11.5 Å². The van der Waals surface area contributed by atoms with E-state index < -0.39 is 22.7 Å². The molecule has 3 heterocycles. The number of hydrogen-bond acceptors (Lipinski definition) is 7. The van der Waals surface area contributed by atoms with Crippen molar-refractivity contribution < 1.29 is 18.9 Å². The summed E-state index contributed by atoms with van der Waals surface area (Å²) in [5, 5.41) is 21.8. The fourth-order valence-corrected chi connectivity index (χ4v) is 2.00. The molecule has 1 saturated heterocycles. The molecule has 3 amide bonds. The summed E-state index contributed by atoms with van der Waals surface area (Å²) in [5.41, 5.74) is 0.805. The number of aromatic nitrogens is 2. The highest BCUT2D eigenvalue weighted by Crippen LogP contribution is 2.26. The van der Waals surface area contributed by atoms with Crippen LogP contribution >= 0.6 is 0 Å². The summed E-state index contributed by atoms with van der Waals surface area (Å²) >= 11 is 0. The second-order valence-corrected chi connectivity index (χ2v) is 4.66. The zero-order valence-electron chi connectivity index (χ0n) is 11.8. The molecule has 0 spiro atoms. The van der Waals surface area contributed by atoms with Crippen LogP contribution in [0.15, 0.2) is 27.8 Å². The highest BCUT2D eigenvalue weighted by Gasteiger charge is 2.26. The molecule has 2 aromatic heterocycles. The van der Waals surface area contributed by atoms with Crippen LogP contribution in [0.1, 0.15) is 5.56 Å². The Morgan fingerprint density at radius 1 is 1.48 bits per heavy atom. The number of rotatable bonds is 4. The number of urea groups is 1. The number of nitrogens with one attached hydrogen (secondary N) is 1. The third-order valence-corrected chi connectivity index (χ3v) is 2.97. The van der Waals surface area contributed by atoms with Gasteiger partial charge in [-0.1, -0.05) is 0 Å². The first-order valence-electron chi connectivity index (χ1n) is 6.37. The fourth-order valence-electron chi connectivity index (χ4n) is 2.00. The number of carbonyl (C=O) groups excluding carboxylic acids is 2. The van der Waals surface area contributed by atoms with Gasteiger partial charge in [-0.15, -0.1) is 0 Å². The zero-order valence-corrected chi connectivity index (χ0v) is 11.8. The van der Waals surface area contributed by atoms with Crippen LogP contribution in [0.5, 0.6) is 0 Å². The summed E-state index contributed by atoms with van der Waals surface area (Å²) < 4.78 is 6.58. The lowest BCUT2D eigenvalue weighted by atomic mass is 10.2. The van der Waals surface area contributed by atoms with Gasteiger partial charge in [0.15, 0.2) is 5.76 Å². The molecular weight excluding hydrogens is 308 g/mol. The standard InChI is InChI=1S/C12H10N6O5/c1-16-5-7(4-13-17-6-9(19)14-12(17)20)11(15-16)8-2-3-10(23-8)18(21)22/h2-5H,6H2,1H3,(H,14,19,20)/b13-4+. The summed E-state index contributed by atoms with van der Waals surface area (Å²) in [6.07, 6.45) is 2.93. The van der Waals surface area contributed by atoms with E-state index in [0.29, 0.717) is 11.3 Å². The van der Waals surface area contributed by atoms with Crippen molar-refractivity contribution in [2.24, 2.45) is 12.1 Å². The molecule has 2 aromatic rings. The lowest BCUT2D eigenvalue weighted by molar-refractivity contribution is -0.401. The second-order valence-electron chi connectivity index (χ2n) is 4.66. The van der Waals surface area contributed by atoms with Gasteiger partial charge in [-0.05, 0) is 6.07 Å². The number of hydrazone groups is 1. The van der Waals surface area contributed by atoms with Crippen molar-refractivity contribution in [3.63, 3.8) is 0 Å². The van der Waals surface area contributed by atoms with Crippen molar-refractivity contribution in [3.8, 4) is 11.5 Å². The zero-order chi connectivity index (χ0) is 16.6. The predicted molar refractivity (Wildman–Crippen MR) is 75.4 cm³/mol. The lowest BCUT2D eigenvalue weighted by Crippen LogP contribution is -2.24. The molecule has 3 rings (SSSR count). The van der Waals surface area contributed by atoms with Crippen molar-refractivity contribution >= 4 is 24.0 Å². The molecule has 0 unspecified atom stereocenters. The van der Waals surface area contributed by atoms with E-state index >= 15 is 0 Å². The van der Waals surface area contributed by atoms with Crippen molar-refractivity contribution in [2.75, 3.05) is 6.54 Å².